The highest BCUT2D eigenvalue weighted by molar-refractivity contribution is 5.39. The Morgan fingerprint density at radius 3 is 2.24 bits per heavy atom. The summed E-state index contributed by atoms with van der Waals surface area (Å²) in [6.07, 6.45) is -11.2. The Bertz CT molecular complexity index is 450. The van der Waals surface area contributed by atoms with Gasteiger partial charge in [-0.3, -0.25) is 4.79 Å². The Balaban J connectivity index is 3.21. The summed E-state index contributed by atoms with van der Waals surface area (Å²) in [5.74, 6) is -1.30. The van der Waals surface area contributed by atoms with Crippen LogP contribution in [0.25, 0.3) is 0 Å². The Hall–Kier alpha value is -1.51. The lowest BCUT2D eigenvalue weighted by atomic mass is 9.84. The van der Waals surface area contributed by atoms with Gasteiger partial charge in [-0.25, -0.2) is 0 Å². The van der Waals surface area contributed by atoms with Gasteiger partial charge in [0.2, 0.25) is 0 Å². The molecule has 0 aromatic carbocycles. The molecule has 0 spiro atoms. The van der Waals surface area contributed by atoms with Crippen molar-refractivity contribution in [1.82, 2.24) is 0 Å². The van der Waals surface area contributed by atoms with Crippen LogP contribution < -0.4 is 5.73 Å². The van der Waals surface area contributed by atoms with E-state index in [0.717, 1.165) is 0 Å². The third-order valence-electron chi connectivity index (χ3n) is 3.02. The maximum Gasteiger partial charge on any atom is 0.416 e. The first-order valence-electron chi connectivity index (χ1n) is 5.88. The second-order valence-corrected chi connectivity index (χ2v) is 4.71. The fraction of sp³-hybridized carbons (Fsp3) is 0.583. The van der Waals surface area contributed by atoms with Gasteiger partial charge in [0.25, 0.3) is 6.47 Å². The SMILES string of the molecule is CC(N)C(OC=O)C1C=C(C(F)(F)F)C=C(C(F)(F)F)C1. The highest BCUT2D eigenvalue weighted by atomic mass is 19.4. The van der Waals surface area contributed by atoms with E-state index < -0.39 is 48.0 Å². The number of rotatable bonds is 4. The Kier molecular flexibility index (Phi) is 5.08. The lowest BCUT2D eigenvalue weighted by Crippen LogP contribution is -2.41. The lowest BCUT2D eigenvalue weighted by Gasteiger charge is -2.31. The van der Waals surface area contributed by atoms with Gasteiger partial charge < -0.3 is 10.5 Å². The number of halogens is 6. The van der Waals surface area contributed by atoms with Gasteiger partial charge in [-0.05, 0) is 19.4 Å². The van der Waals surface area contributed by atoms with Crippen LogP contribution >= 0.6 is 0 Å². The molecule has 0 heterocycles. The monoisotopic (exact) mass is 317 g/mol. The molecule has 2 N–H and O–H groups in total. The Labute approximate surface area is 116 Å². The van der Waals surface area contributed by atoms with Gasteiger partial charge in [0.05, 0.1) is 5.57 Å². The first-order chi connectivity index (χ1) is 9.46. The summed E-state index contributed by atoms with van der Waals surface area (Å²) < 4.78 is 80.8. The van der Waals surface area contributed by atoms with Crippen LogP contribution in [-0.2, 0) is 9.53 Å². The van der Waals surface area contributed by atoms with Crippen molar-refractivity contribution in [2.75, 3.05) is 0 Å². The third-order valence-corrected chi connectivity index (χ3v) is 3.02. The number of allylic oxidation sites excluding steroid dienone is 3. The smallest absolute Gasteiger partial charge is 0.416 e. The molecule has 0 bridgehead atoms. The molecule has 1 rings (SSSR count). The minimum Gasteiger partial charge on any atom is -0.462 e. The van der Waals surface area contributed by atoms with E-state index in [9.17, 15) is 31.1 Å². The normalized spacial score (nSPS) is 23.0. The number of nitrogens with two attached hydrogens (primary N) is 1. The van der Waals surface area contributed by atoms with Crippen LogP contribution in [0.1, 0.15) is 13.3 Å². The minimum absolute atomic E-state index is 0.0410. The van der Waals surface area contributed by atoms with E-state index in [4.69, 9.17) is 5.73 Å². The number of hydrogen-bond donors (Lipinski definition) is 1. The van der Waals surface area contributed by atoms with Crippen molar-refractivity contribution in [3.63, 3.8) is 0 Å². The molecule has 0 amide bonds. The lowest BCUT2D eigenvalue weighted by molar-refractivity contribution is -0.136. The summed E-state index contributed by atoms with van der Waals surface area (Å²) >= 11 is 0. The molecule has 0 saturated carbocycles. The fourth-order valence-corrected chi connectivity index (χ4v) is 2.10. The second kappa shape index (κ2) is 6.08. The molecule has 0 saturated heterocycles. The molecule has 0 aromatic heterocycles. The van der Waals surface area contributed by atoms with Gasteiger partial charge in [0, 0.05) is 17.5 Å². The van der Waals surface area contributed by atoms with Crippen LogP contribution in [-0.4, -0.2) is 31.0 Å². The van der Waals surface area contributed by atoms with Crippen molar-refractivity contribution in [2.24, 2.45) is 11.7 Å². The number of carbonyl (C=O) groups excluding carboxylic acids is 1. The maximum absolute atomic E-state index is 12.7. The van der Waals surface area contributed by atoms with Crippen molar-refractivity contribution < 1.29 is 35.9 Å². The standard InChI is InChI=1S/C12H13F6NO2/c1-6(19)10(21-5-20)7-2-8(11(13,14)15)4-9(3-7)12(16,17)18/h2,4-7,10H,3,19H2,1H3. The van der Waals surface area contributed by atoms with Gasteiger partial charge >= 0.3 is 12.4 Å². The first kappa shape index (κ1) is 17.5. The zero-order chi connectivity index (χ0) is 16.4. The van der Waals surface area contributed by atoms with Crippen LogP contribution in [0.4, 0.5) is 26.3 Å². The maximum atomic E-state index is 12.7. The molecule has 0 radical (unpaired) electrons. The molecule has 1 aliphatic rings. The predicted molar refractivity (Wildman–Crippen MR) is 61.0 cm³/mol. The van der Waals surface area contributed by atoms with Crippen LogP contribution in [0.15, 0.2) is 23.3 Å². The summed E-state index contributed by atoms with van der Waals surface area (Å²) in [6.45, 7) is 1.29. The molecule has 3 unspecified atom stereocenters. The zero-order valence-electron chi connectivity index (χ0n) is 10.8. The van der Waals surface area contributed by atoms with E-state index >= 15 is 0 Å². The molecule has 120 valence electrons. The van der Waals surface area contributed by atoms with Crippen molar-refractivity contribution in [2.45, 2.75) is 37.8 Å². The quantitative estimate of drug-likeness (QED) is 0.641. The van der Waals surface area contributed by atoms with E-state index in [1.165, 1.54) is 6.92 Å². The zero-order valence-corrected chi connectivity index (χ0v) is 10.8. The molecule has 3 atom stereocenters. The van der Waals surface area contributed by atoms with Crippen LogP contribution in [0.3, 0.4) is 0 Å². The third kappa shape index (κ3) is 4.48. The highest BCUT2D eigenvalue weighted by Crippen LogP contribution is 2.41. The minimum atomic E-state index is -4.93. The average molecular weight is 317 g/mol. The summed E-state index contributed by atoms with van der Waals surface area (Å²) in [6, 6.07) is -0.918. The summed E-state index contributed by atoms with van der Waals surface area (Å²) in [4.78, 5) is 10.4. The van der Waals surface area contributed by atoms with E-state index in [1.807, 2.05) is 0 Å². The van der Waals surface area contributed by atoms with Gasteiger partial charge in [0.15, 0.2) is 0 Å². The van der Waals surface area contributed by atoms with Crippen LogP contribution in [0, 0.1) is 5.92 Å². The predicted octanol–water partition coefficient (Wildman–Crippen LogP) is 2.87. The molecular formula is C12H13F6NO2. The van der Waals surface area contributed by atoms with Crippen LogP contribution in [0.5, 0.6) is 0 Å². The molecule has 9 heteroatoms. The topological polar surface area (TPSA) is 52.3 Å². The number of hydrogen-bond acceptors (Lipinski definition) is 3. The summed E-state index contributed by atoms with van der Waals surface area (Å²) in [5, 5.41) is 0. The van der Waals surface area contributed by atoms with E-state index in [0.29, 0.717) is 6.08 Å². The van der Waals surface area contributed by atoms with E-state index in [-0.39, 0.29) is 12.5 Å². The number of ether oxygens (including phenoxy) is 1. The highest BCUT2D eigenvalue weighted by Gasteiger charge is 2.44. The van der Waals surface area contributed by atoms with Gasteiger partial charge in [0.1, 0.15) is 6.10 Å². The molecule has 3 nitrogen and oxygen atoms in total. The average Bonchev–Trinajstić information content (AvgIpc) is 2.32. The second-order valence-electron chi connectivity index (χ2n) is 4.71. The molecule has 0 aliphatic heterocycles. The van der Waals surface area contributed by atoms with Crippen molar-refractivity contribution >= 4 is 6.47 Å². The first-order valence-corrected chi connectivity index (χ1v) is 5.88. The molecule has 1 aliphatic carbocycles. The molecular weight excluding hydrogens is 304 g/mol. The largest absolute Gasteiger partial charge is 0.462 e. The van der Waals surface area contributed by atoms with Crippen molar-refractivity contribution in [1.29, 1.82) is 0 Å². The summed E-state index contributed by atoms with van der Waals surface area (Å²) in [7, 11) is 0. The van der Waals surface area contributed by atoms with E-state index in [1.54, 1.807) is 0 Å². The summed E-state index contributed by atoms with van der Waals surface area (Å²) in [5.41, 5.74) is 2.71. The van der Waals surface area contributed by atoms with Gasteiger partial charge in [-0.2, -0.15) is 26.3 Å². The molecule has 21 heavy (non-hydrogen) atoms. The van der Waals surface area contributed by atoms with E-state index in [2.05, 4.69) is 4.74 Å². The van der Waals surface area contributed by atoms with Gasteiger partial charge in [-0.1, -0.05) is 6.08 Å². The van der Waals surface area contributed by atoms with Crippen molar-refractivity contribution in [3.05, 3.63) is 23.3 Å². The molecule has 0 fully saturated rings. The Morgan fingerprint density at radius 2 is 1.86 bits per heavy atom. The van der Waals surface area contributed by atoms with Gasteiger partial charge in [-0.15, -0.1) is 0 Å². The molecule has 0 aromatic rings. The fourth-order valence-electron chi connectivity index (χ4n) is 2.10. The number of alkyl halides is 6. The van der Waals surface area contributed by atoms with Crippen molar-refractivity contribution in [3.8, 4) is 0 Å². The Morgan fingerprint density at radius 1 is 1.29 bits per heavy atom. The van der Waals surface area contributed by atoms with Crippen LogP contribution in [0.2, 0.25) is 0 Å². The number of carbonyl (C=O) groups is 1.